The number of hydrogen-bond donors (Lipinski definition) is 2. The van der Waals surface area contributed by atoms with Crippen LogP contribution in [0.4, 0.5) is 11.4 Å². The number of anilines is 2. The first kappa shape index (κ1) is 16.8. The molecule has 0 aliphatic heterocycles. The second kappa shape index (κ2) is 7.16. The predicted octanol–water partition coefficient (Wildman–Crippen LogP) is 5.05. The van der Waals surface area contributed by atoms with Gasteiger partial charge in [0.15, 0.2) is 5.96 Å². The predicted molar refractivity (Wildman–Crippen MR) is 102 cm³/mol. The minimum Gasteiger partial charge on any atom is -0.326 e. The number of aryl methyl sites for hydroxylation is 1. The second-order valence-electron chi connectivity index (χ2n) is 5.40. The summed E-state index contributed by atoms with van der Waals surface area (Å²) in [4.78, 5) is 1.84. The Kier molecular flexibility index (Phi) is 5.24. The summed E-state index contributed by atoms with van der Waals surface area (Å²) in [5.74, 6) is 0.349. The van der Waals surface area contributed by atoms with Crippen LogP contribution < -0.4 is 10.2 Å². The third-order valence-corrected chi connectivity index (χ3v) is 3.77. The molecule has 0 heterocycles. The van der Waals surface area contributed by atoms with Gasteiger partial charge in [-0.05, 0) is 36.1 Å². The van der Waals surface area contributed by atoms with Crippen LogP contribution in [0.5, 0.6) is 0 Å². The van der Waals surface area contributed by atoms with Crippen LogP contribution in [0.25, 0.3) is 10.8 Å². The quantitative estimate of drug-likeness (QED) is 0.511. The van der Waals surface area contributed by atoms with Gasteiger partial charge in [-0.15, -0.1) is 12.4 Å². The molecular weight excluding hydrogens is 306 g/mol. The molecule has 0 amide bonds. The summed E-state index contributed by atoms with van der Waals surface area (Å²) in [7, 11) is 1.90. The van der Waals surface area contributed by atoms with Gasteiger partial charge in [-0.3, -0.25) is 5.41 Å². The van der Waals surface area contributed by atoms with Crippen molar-refractivity contribution in [2.45, 2.75) is 6.92 Å². The highest BCUT2D eigenvalue weighted by molar-refractivity contribution is 6.08. The lowest BCUT2D eigenvalue weighted by Gasteiger charge is -2.22. The molecule has 23 heavy (non-hydrogen) atoms. The standard InChI is InChI=1S/C19H19N3.ClH/c1-14-7-5-10-16(13-14)22(2)19(20)21-18-12-6-9-15-8-3-4-11-17(15)18;/h3-13H,1-2H3,(H2,20,21);1H. The van der Waals surface area contributed by atoms with E-state index in [1.807, 2.05) is 48.3 Å². The van der Waals surface area contributed by atoms with Gasteiger partial charge in [0.25, 0.3) is 0 Å². The average Bonchev–Trinajstić information content (AvgIpc) is 2.54. The molecule has 0 radical (unpaired) electrons. The highest BCUT2D eigenvalue weighted by Crippen LogP contribution is 2.23. The van der Waals surface area contributed by atoms with Gasteiger partial charge in [0.1, 0.15) is 0 Å². The van der Waals surface area contributed by atoms with Gasteiger partial charge in [0.05, 0.1) is 0 Å². The Labute approximate surface area is 142 Å². The fourth-order valence-corrected chi connectivity index (χ4v) is 2.51. The number of nitrogens with one attached hydrogen (secondary N) is 2. The van der Waals surface area contributed by atoms with Crippen LogP contribution in [0, 0.1) is 12.3 Å². The number of nitrogens with zero attached hydrogens (tertiary/aromatic N) is 1. The van der Waals surface area contributed by atoms with E-state index in [0.717, 1.165) is 16.8 Å². The van der Waals surface area contributed by atoms with Gasteiger partial charge in [0.2, 0.25) is 0 Å². The Hall–Kier alpha value is -2.52. The topological polar surface area (TPSA) is 39.1 Å². The first-order valence-electron chi connectivity index (χ1n) is 7.29. The lowest BCUT2D eigenvalue weighted by Crippen LogP contribution is -2.32. The smallest absolute Gasteiger partial charge is 0.199 e. The summed E-state index contributed by atoms with van der Waals surface area (Å²) in [6.07, 6.45) is 0. The minimum absolute atomic E-state index is 0. The van der Waals surface area contributed by atoms with E-state index in [1.54, 1.807) is 0 Å². The largest absolute Gasteiger partial charge is 0.326 e. The number of benzene rings is 3. The van der Waals surface area contributed by atoms with Crippen LogP contribution in [0.2, 0.25) is 0 Å². The first-order valence-corrected chi connectivity index (χ1v) is 7.29. The molecule has 0 spiro atoms. The number of halogens is 1. The van der Waals surface area contributed by atoms with E-state index in [4.69, 9.17) is 5.41 Å². The molecule has 0 atom stereocenters. The van der Waals surface area contributed by atoms with Gasteiger partial charge in [-0.1, -0.05) is 48.5 Å². The molecular formula is C19H20ClN3. The molecule has 0 unspecified atom stereocenters. The van der Waals surface area contributed by atoms with Gasteiger partial charge < -0.3 is 10.2 Å². The third kappa shape index (κ3) is 3.63. The summed E-state index contributed by atoms with van der Waals surface area (Å²) >= 11 is 0. The van der Waals surface area contributed by atoms with E-state index >= 15 is 0 Å². The van der Waals surface area contributed by atoms with E-state index in [9.17, 15) is 0 Å². The van der Waals surface area contributed by atoms with Crippen molar-refractivity contribution in [1.82, 2.24) is 0 Å². The van der Waals surface area contributed by atoms with Crippen molar-refractivity contribution >= 4 is 40.5 Å². The molecule has 0 fully saturated rings. The summed E-state index contributed by atoms with van der Waals surface area (Å²) in [5, 5.41) is 13.8. The Morgan fingerprint density at radius 2 is 1.65 bits per heavy atom. The molecule has 3 nitrogen and oxygen atoms in total. The Bertz CT molecular complexity index is 824. The highest BCUT2D eigenvalue weighted by Gasteiger charge is 2.09. The molecule has 3 aromatic carbocycles. The molecule has 3 aromatic rings. The van der Waals surface area contributed by atoms with Crippen LogP contribution in [-0.2, 0) is 0 Å². The fraction of sp³-hybridized carbons (Fsp3) is 0.105. The fourth-order valence-electron chi connectivity index (χ4n) is 2.51. The lowest BCUT2D eigenvalue weighted by atomic mass is 10.1. The molecule has 0 saturated heterocycles. The summed E-state index contributed by atoms with van der Waals surface area (Å²) in [5.41, 5.74) is 3.13. The zero-order chi connectivity index (χ0) is 15.5. The van der Waals surface area contributed by atoms with E-state index in [-0.39, 0.29) is 12.4 Å². The van der Waals surface area contributed by atoms with Crippen molar-refractivity contribution in [2.24, 2.45) is 0 Å². The number of fused-ring (bicyclic) bond motifs is 1. The maximum absolute atomic E-state index is 8.33. The average molecular weight is 326 g/mol. The van der Waals surface area contributed by atoms with Crippen molar-refractivity contribution in [3.63, 3.8) is 0 Å². The molecule has 0 bridgehead atoms. The normalized spacial score (nSPS) is 10.0. The summed E-state index contributed by atoms with van der Waals surface area (Å²) < 4.78 is 0. The zero-order valence-electron chi connectivity index (χ0n) is 13.2. The molecule has 2 N–H and O–H groups in total. The molecule has 0 aromatic heterocycles. The van der Waals surface area contributed by atoms with Crippen molar-refractivity contribution in [3.05, 3.63) is 72.3 Å². The maximum Gasteiger partial charge on any atom is 0.199 e. The summed E-state index contributed by atoms with van der Waals surface area (Å²) in [6, 6.07) is 22.4. The molecule has 0 aliphatic rings. The molecule has 0 saturated carbocycles. The number of guanidine groups is 1. The Morgan fingerprint density at radius 1 is 0.957 bits per heavy atom. The van der Waals surface area contributed by atoms with Crippen LogP contribution >= 0.6 is 12.4 Å². The first-order chi connectivity index (χ1) is 10.6. The van der Waals surface area contributed by atoms with E-state index in [0.29, 0.717) is 5.96 Å². The Morgan fingerprint density at radius 3 is 2.43 bits per heavy atom. The van der Waals surface area contributed by atoms with Gasteiger partial charge in [0, 0.05) is 23.8 Å². The van der Waals surface area contributed by atoms with Crippen LogP contribution in [-0.4, -0.2) is 13.0 Å². The summed E-state index contributed by atoms with van der Waals surface area (Å²) in [6.45, 7) is 2.05. The van der Waals surface area contributed by atoms with Gasteiger partial charge >= 0.3 is 0 Å². The molecule has 3 rings (SSSR count). The maximum atomic E-state index is 8.33. The van der Waals surface area contributed by atoms with Crippen LogP contribution in [0.1, 0.15) is 5.56 Å². The minimum atomic E-state index is 0. The van der Waals surface area contributed by atoms with Gasteiger partial charge in [-0.25, -0.2) is 0 Å². The molecule has 118 valence electrons. The van der Waals surface area contributed by atoms with Crippen molar-refractivity contribution < 1.29 is 0 Å². The SMILES string of the molecule is Cc1cccc(N(C)C(=N)Nc2cccc3ccccc23)c1.Cl. The Balaban J connectivity index is 0.00000192. The van der Waals surface area contributed by atoms with Crippen molar-refractivity contribution in [3.8, 4) is 0 Å². The van der Waals surface area contributed by atoms with Crippen LogP contribution in [0.15, 0.2) is 66.7 Å². The highest BCUT2D eigenvalue weighted by atomic mass is 35.5. The molecule has 0 aliphatic carbocycles. The van der Waals surface area contributed by atoms with E-state index < -0.39 is 0 Å². The van der Waals surface area contributed by atoms with Crippen molar-refractivity contribution in [2.75, 3.05) is 17.3 Å². The monoisotopic (exact) mass is 325 g/mol. The van der Waals surface area contributed by atoms with E-state index in [2.05, 4.69) is 42.6 Å². The zero-order valence-corrected chi connectivity index (χ0v) is 14.0. The van der Waals surface area contributed by atoms with E-state index in [1.165, 1.54) is 10.9 Å². The van der Waals surface area contributed by atoms with Gasteiger partial charge in [-0.2, -0.15) is 0 Å². The molecule has 4 heteroatoms. The third-order valence-electron chi connectivity index (χ3n) is 3.77. The van der Waals surface area contributed by atoms with Crippen molar-refractivity contribution in [1.29, 1.82) is 5.41 Å². The lowest BCUT2D eigenvalue weighted by molar-refractivity contribution is 1.21. The number of hydrogen-bond acceptors (Lipinski definition) is 1. The number of rotatable bonds is 2. The van der Waals surface area contributed by atoms with Crippen LogP contribution in [0.3, 0.4) is 0 Å². The second-order valence-corrected chi connectivity index (χ2v) is 5.40.